The second kappa shape index (κ2) is 4.73. The predicted molar refractivity (Wildman–Crippen MR) is 48.6 cm³/mol. The van der Waals surface area contributed by atoms with Crippen LogP contribution < -0.4 is 5.32 Å². The lowest BCUT2D eigenvalue weighted by Crippen LogP contribution is -2.33. The molecule has 0 spiro atoms. The Morgan fingerprint density at radius 3 is 2.93 bits per heavy atom. The van der Waals surface area contributed by atoms with E-state index < -0.39 is 18.1 Å². The number of imidazole rings is 1. The topological polar surface area (TPSA) is 98.2 Å². The molecule has 6 nitrogen and oxygen atoms in total. The summed E-state index contributed by atoms with van der Waals surface area (Å²) in [5.41, 5.74) is 0.471. The number of nitrogens with one attached hydrogen (secondary N) is 2. The summed E-state index contributed by atoms with van der Waals surface area (Å²) in [7, 11) is 0. The van der Waals surface area contributed by atoms with Crippen LogP contribution in [0.15, 0.2) is 12.5 Å². The maximum atomic E-state index is 10.8. The highest BCUT2D eigenvalue weighted by molar-refractivity contribution is 5.74. The number of aromatic amines is 1. The number of nitrogens with zero attached hydrogens (tertiary/aromatic N) is 1. The number of aliphatic hydroxyl groups is 1. The van der Waals surface area contributed by atoms with Crippen LogP contribution in [-0.4, -0.2) is 38.8 Å². The molecule has 0 aromatic carbocycles. The van der Waals surface area contributed by atoms with E-state index in [1.807, 2.05) is 0 Å². The SMILES string of the molecule is CC(O)CNC(C(=O)O)c1cnc[nH]1. The van der Waals surface area contributed by atoms with Crippen LogP contribution in [0, 0.1) is 0 Å². The van der Waals surface area contributed by atoms with Gasteiger partial charge < -0.3 is 15.2 Å². The Balaban J connectivity index is 2.61. The average Bonchev–Trinajstić information content (AvgIpc) is 2.56. The Hall–Kier alpha value is -1.40. The number of rotatable bonds is 5. The quantitative estimate of drug-likeness (QED) is 0.512. The molecule has 0 aliphatic carbocycles. The Morgan fingerprint density at radius 1 is 1.79 bits per heavy atom. The number of carboxylic acids is 1. The third-order valence-electron chi connectivity index (χ3n) is 1.69. The van der Waals surface area contributed by atoms with Crippen molar-refractivity contribution in [2.75, 3.05) is 6.54 Å². The third-order valence-corrected chi connectivity index (χ3v) is 1.69. The molecule has 6 heteroatoms. The molecule has 0 saturated carbocycles. The molecular weight excluding hydrogens is 186 g/mol. The molecule has 2 atom stereocenters. The first kappa shape index (κ1) is 10.7. The second-order valence-corrected chi connectivity index (χ2v) is 3.04. The molecule has 1 heterocycles. The molecule has 0 fully saturated rings. The Bertz CT molecular complexity index is 284. The van der Waals surface area contributed by atoms with Crippen molar-refractivity contribution in [2.24, 2.45) is 0 Å². The highest BCUT2D eigenvalue weighted by atomic mass is 16.4. The lowest BCUT2D eigenvalue weighted by Gasteiger charge is -2.13. The Morgan fingerprint density at radius 2 is 2.50 bits per heavy atom. The molecule has 0 radical (unpaired) electrons. The number of aliphatic carboxylic acids is 1. The van der Waals surface area contributed by atoms with E-state index in [-0.39, 0.29) is 6.54 Å². The maximum absolute atomic E-state index is 10.8. The van der Waals surface area contributed by atoms with E-state index in [4.69, 9.17) is 10.2 Å². The van der Waals surface area contributed by atoms with Gasteiger partial charge in [0.1, 0.15) is 6.04 Å². The maximum Gasteiger partial charge on any atom is 0.326 e. The monoisotopic (exact) mass is 199 g/mol. The molecule has 1 aromatic rings. The molecule has 0 saturated heterocycles. The fourth-order valence-electron chi connectivity index (χ4n) is 1.04. The number of aliphatic hydroxyl groups excluding tert-OH is 1. The van der Waals surface area contributed by atoms with E-state index in [1.165, 1.54) is 12.5 Å². The molecule has 4 N–H and O–H groups in total. The van der Waals surface area contributed by atoms with Crippen molar-refractivity contribution in [3.8, 4) is 0 Å². The van der Waals surface area contributed by atoms with Gasteiger partial charge >= 0.3 is 5.97 Å². The van der Waals surface area contributed by atoms with Gasteiger partial charge in [0.15, 0.2) is 0 Å². The van der Waals surface area contributed by atoms with Gasteiger partial charge in [0.25, 0.3) is 0 Å². The molecule has 2 unspecified atom stereocenters. The third kappa shape index (κ3) is 2.82. The van der Waals surface area contributed by atoms with Crippen molar-refractivity contribution in [1.29, 1.82) is 0 Å². The van der Waals surface area contributed by atoms with Crippen molar-refractivity contribution >= 4 is 5.97 Å². The van der Waals surface area contributed by atoms with E-state index >= 15 is 0 Å². The average molecular weight is 199 g/mol. The zero-order valence-corrected chi connectivity index (χ0v) is 7.77. The van der Waals surface area contributed by atoms with Gasteiger partial charge in [0.2, 0.25) is 0 Å². The molecule has 1 rings (SSSR count). The fourth-order valence-corrected chi connectivity index (χ4v) is 1.04. The fraction of sp³-hybridized carbons (Fsp3) is 0.500. The van der Waals surface area contributed by atoms with Gasteiger partial charge in [0.05, 0.1) is 24.3 Å². The number of hydrogen-bond donors (Lipinski definition) is 4. The lowest BCUT2D eigenvalue weighted by molar-refractivity contribution is -0.139. The van der Waals surface area contributed by atoms with Crippen LogP contribution in [-0.2, 0) is 4.79 Å². The highest BCUT2D eigenvalue weighted by Gasteiger charge is 2.20. The van der Waals surface area contributed by atoms with Gasteiger partial charge in [0, 0.05) is 6.54 Å². The van der Waals surface area contributed by atoms with Crippen molar-refractivity contribution in [1.82, 2.24) is 15.3 Å². The lowest BCUT2D eigenvalue weighted by atomic mass is 10.2. The Labute approximate surface area is 81.0 Å². The van der Waals surface area contributed by atoms with Crippen molar-refractivity contribution in [3.63, 3.8) is 0 Å². The molecule has 14 heavy (non-hydrogen) atoms. The first-order valence-electron chi connectivity index (χ1n) is 4.23. The van der Waals surface area contributed by atoms with Gasteiger partial charge in [-0.25, -0.2) is 4.98 Å². The molecule has 1 aromatic heterocycles. The summed E-state index contributed by atoms with van der Waals surface area (Å²) in [6, 6.07) is -0.855. The minimum atomic E-state index is -1.00. The smallest absolute Gasteiger partial charge is 0.326 e. The zero-order chi connectivity index (χ0) is 10.6. The molecule has 78 valence electrons. The van der Waals surface area contributed by atoms with Crippen LogP contribution in [0.4, 0.5) is 0 Å². The predicted octanol–water partition coefficient (Wildman–Crippen LogP) is -0.494. The number of carboxylic acid groups (broad SMARTS) is 1. The summed E-state index contributed by atoms with van der Waals surface area (Å²) in [6.45, 7) is 1.80. The molecule has 0 bridgehead atoms. The van der Waals surface area contributed by atoms with Crippen LogP contribution in [0.1, 0.15) is 18.7 Å². The summed E-state index contributed by atoms with van der Waals surface area (Å²) in [5, 5.41) is 20.6. The first-order valence-corrected chi connectivity index (χ1v) is 4.23. The van der Waals surface area contributed by atoms with E-state index in [9.17, 15) is 4.79 Å². The van der Waals surface area contributed by atoms with Crippen LogP contribution in [0.25, 0.3) is 0 Å². The number of H-pyrrole nitrogens is 1. The van der Waals surface area contributed by atoms with Gasteiger partial charge in [-0.15, -0.1) is 0 Å². The second-order valence-electron chi connectivity index (χ2n) is 3.04. The van der Waals surface area contributed by atoms with Crippen molar-refractivity contribution in [2.45, 2.75) is 19.1 Å². The summed E-state index contributed by atoms with van der Waals surface area (Å²) >= 11 is 0. The van der Waals surface area contributed by atoms with Crippen molar-refractivity contribution in [3.05, 3.63) is 18.2 Å². The van der Waals surface area contributed by atoms with E-state index in [1.54, 1.807) is 6.92 Å². The summed E-state index contributed by atoms with van der Waals surface area (Å²) in [6.07, 6.45) is 2.27. The minimum Gasteiger partial charge on any atom is -0.480 e. The number of hydrogen-bond acceptors (Lipinski definition) is 4. The van der Waals surface area contributed by atoms with E-state index in [0.29, 0.717) is 5.69 Å². The minimum absolute atomic E-state index is 0.218. The van der Waals surface area contributed by atoms with Gasteiger partial charge in [-0.3, -0.25) is 10.1 Å². The summed E-state index contributed by atoms with van der Waals surface area (Å²) in [4.78, 5) is 17.3. The standard InChI is InChI=1S/C8H13N3O3/c1-5(12)2-10-7(8(13)14)6-3-9-4-11-6/h3-5,7,10,12H,2H2,1H3,(H,9,11)(H,13,14). The largest absolute Gasteiger partial charge is 0.480 e. The molecular formula is C8H13N3O3. The van der Waals surface area contributed by atoms with E-state index in [2.05, 4.69) is 15.3 Å². The Kier molecular flexibility index (Phi) is 3.61. The normalized spacial score (nSPS) is 15.0. The van der Waals surface area contributed by atoms with Crippen molar-refractivity contribution < 1.29 is 15.0 Å². The van der Waals surface area contributed by atoms with Gasteiger partial charge in [-0.05, 0) is 6.92 Å². The summed E-state index contributed by atoms with van der Waals surface area (Å²) in [5.74, 6) is -1.00. The van der Waals surface area contributed by atoms with Crippen LogP contribution in [0.3, 0.4) is 0 Å². The van der Waals surface area contributed by atoms with Gasteiger partial charge in [-0.1, -0.05) is 0 Å². The van der Waals surface area contributed by atoms with Crippen LogP contribution >= 0.6 is 0 Å². The van der Waals surface area contributed by atoms with Crippen LogP contribution in [0.5, 0.6) is 0 Å². The van der Waals surface area contributed by atoms with Gasteiger partial charge in [-0.2, -0.15) is 0 Å². The van der Waals surface area contributed by atoms with Crippen LogP contribution in [0.2, 0.25) is 0 Å². The highest BCUT2D eigenvalue weighted by Crippen LogP contribution is 2.08. The number of aromatic nitrogens is 2. The van der Waals surface area contributed by atoms with E-state index in [0.717, 1.165) is 0 Å². The molecule has 0 aliphatic heterocycles. The molecule has 0 amide bonds. The molecule has 0 aliphatic rings. The number of carbonyl (C=O) groups is 1. The zero-order valence-electron chi connectivity index (χ0n) is 7.77. The summed E-state index contributed by atoms with van der Waals surface area (Å²) < 4.78 is 0. The first-order chi connectivity index (χ1) is 6.61.